The maximum absolute atomic E-state index is 14.0. The zero-order chi connectivity index (χ0) is 30.1. The summed E-state index contributed by atoms with van der Waals surface area (Å²) >= 11 is 27.2. The Morgan fingerprint density at radius 1 is 1.07 bits per heavy atom. The third-order valence-corrected chi connectivity index (χ3v) is 9.52. The van der Waals surface area contributed by atoms with Gasteiger partial charge in [-0.15, -0.1) is 0 Å². The highest BCUT2D eigenvalue weighted by atomic mass is 79.9. The summed E-state index contributed by atoms with van der Waals surface area (Å²) in [4.78, 5) is 32.2. The van der Waals surface area contributed by atoms with E-state index in [1.807, 2.05) is 24.3 Å². The van der Waals surface area contributed by atoms with Gasteiger partial charge in [0.25, 0.3) is 5.56 Å². The van der Waals surface area contributed by atoms with Crippen LogP contribution in [0.3, 0.4) is 0 Å². The van der Waals surface area contributed by atoms with Crippen molar-refractivity contribution in [1.82, 2.24) is 4.57 Å². The molecule has 0 spiro atoms. The Morgan fingerprint density at radius 2 is 1.83 bits per heavy atom. The second kappa shape index (κ2) is 13.1. The fraction of sp³-hybridized carbons (Fsp3) is 0.167. The molecule has 1 aromatic heterocycles. The van der Waals surface area contributed by atoms with Gasteiger partial charge >= 0.3 is 5.97 Å². The van der Waals surface area contributed by atoms with Crippen molar-refractivity contribution in [2.45, 2.75) is 26.5 Å². The lowest BCUT2D eigenvalue weighted by molar-refractivity contribution is -0.139. The monoisotopic (exact) mass is 768 g/mol. The average molecular weight is 772 g/mol. The van der Waals surface area contributed by atoms with Crippen LogP contribution in [0, 0.1) is 0 Å². The molecule has 0 bridgehead atoms. The molecule has 2 heterocycles. The van der Waals surface area contributed by atoms with Crippen LogP contribution in [-0.2, 0) is 16.1 Å². The lowest BCUT2D eigenvalue weighted by Gasteiger charge is -2.25. The zero-order valence-corrected chi connectivity index (χ0v) is 28.3. The number of hydrogen-bond acceptors (Lipinski definition) is 6. The Morgan fingerprint density at radius 3 is 2.55 bits per heavy atom. The van der Waals surface area contributed by atoms with Crippen molar-refractivity contribution >= 4 is 90.0 Å². The molecular formula is C30H21Br2Cl3N2O4S. The molecule has 1 aliphatic rings. The molecule has 1 atom stereocenters. The number of benzene rings is 3. The van der Waals surface area contributed by atoms with Crippen molar-refractivity contribution in [3.63, 3.8) is 0 Å². The van der Waals surface area contributed by atoms with E-state index >= 15 is 0 Å². The lowest BCUT2D eigenvalue weighted by Crippen LogP contribution is -2.40. The molecule has 0 saturated heterocycles. The van der Waals surface area contributed by atoms with Gasteiger partial charge in [0.1, 0.15) is 18.4 Å². The average Bonchev–Trinajstić information content (AvgIpc) is 3.23. The Kier molecular flexibility index (Phi) is 9.66. The standard InChI is InChI=1S/C30H21Br2Cl3N2O4S/c1-3-40-29(39)25-15(2)36-30-37(26(25)19-6-4-5-7-21(19)33)28(38)24(42-30)12-17-11-18(31)13-20(32)27(17)41-14-16-8-9-22(34)23(35)10-16/h4-13,26H,3,14H2,1-2H3/b24-12-/t26-/m0/s1. The van der Waals surface area contributed by atoms with E-state index in [-0.39, 0.29) is 24.3 Å². The number of carbonyl (C=O) groups is 1. The molecule has 5 rings (SSSR count). The first-order chi connectivity index (χ1) is 20.1. The molecule has 216 valence electrons. The van der Waals surface area contributed by atoms with Gasteiger partial charge in [0.05, 0.1) is 36.9 Å². The van der Waals surface area contributed by atoms with Crippen molar-refractivity contribution in [1.29, 1.82) is 0 Å². The second-order valence-electron chi connectivity index (χ2n) is 9.17. The minimum absolute atomic E-state index is 0.179. The molecule has 0 fully saturated rings. The highest BCUT2D eigenvalue weighted by Crippen LogP contribution is 2.36. The molecule has 42 heavy (non-hydrogen) atoms. The highest BCUT2D eigenvalue weighted by molar-refractivity contribution is 9.11. The highest BCUT2D eigenvalue weighted by Gasteiger charge is 2.34. The van der Waals surface area contributed by atoms with Crippen molar-refractivity contribution in [3.05, 3.63) is 126 Å². The third-order valence-electron chi connectivity index (χ3n) is 6.41. The van der Waals surface area contributed by atoms with Gasteiger partial charge in [-0.3, -0.25) is 9.36 Å². The predicted molar refractivity (Wildman–Crippen MR) is 174 cm³/mol. The Bertz CT molecular complexity index is 1940. The van der Waals surface area contributed by atoms with E-state index in [1.54, 1.807) is 50.3 Å². The van der Waals surface area contributed by atoms with Crippen LogP contribution < -0.4 is 19.6 Å². The summed E-state index contributed by atoms with van der Waals surface area (Å²) in [6, 6.07) is 15.3. The summed E-state index contributed by atoms with van der Waals surface area (Å²) in [5, 5.41) is 1.31. The second-order valence-corrected chi connectivity index (χ2v) is 13.2. The van der Waals surface area contributed by atoms with Crippen LogP contribution in [0.2, 0.25) is 15.1 Å². The molecule has 0 aliphatic carbocycles. The number of thiazole rings is 1. The van der Waals surface area contributed by atoms with Gasteiger partial charge in [0.2, 0.25) is 0 Å². The Labute approximate surface area is 277 Å². The van der Waals surface area contributed by atoms with Crippen LogP contribution in [-0.4, -0.2) is 17.1 Å². The first-order valence-corrected chi connectivity index (χ1v) is 16.1. The summed E-state index contributed by atoms with van der Waals surface area (Å²) in [6.07, 6.45) is 1.75. The molecular weight excluding hydrogens is 751 g/mol. The molecule has 0 N–H and O–H groups in total. The molecule has 4 aromatic rings. The minimum Gasteiger partial charge on any atom is -0.487 e. The number of rotatable bonds is 7. The van der Waals surface area contributed by atoms with Crippen molar-refractivity contribution in [3.8, 4) is 5.75 Å². The van der Waals surface area contributed by atoms with Gasteiger partial charge in [-0.2, -0.15) is 0 Å². The summed E-state index contributed by atoms with van der Waals surface area (Å²) < 4.78 is 14.9. The van der Waals surface area contributed by atoms with E-state index < -0.39 is 12.0 Å². The van der Waals surface area contributed by atoms with E-state index in [1.165, 1.54) is 15.9 Å². The summed E-state index contributed by atoms with van der Waals surface area (Å²) in [7, 11) is 0. The maximum atomic E-state index is 14.0. The number of aromatic nitrogens is 1. The number of ether oxygens (including phenoxy) is 2. The molecule has 0 radical (unpaired) electrons. The third kappa shape index (κ3) is 6.27. The Balaban J connectivity index is 1.65. The van der Waals surface area contributed by atoms with Gasteiger partial charge < -0.3 is 9.47 Å². The van der Waals surface area contributed by atoms with E-state index in [0.717, 1.165) is 10.0 Å². The normalized spacial score (nSPS) is 14.9. The fourth-order valence-corrected chi connectivity index (χ4v) is 7.52. The van der Waals surface area contributed by atoms with Crippen LogP contribution in [0.5, 0.6) is 5.75 Å². The molecule has 0 saturated carbocycles. The molecule has 3 aromatic carbocycles. The fourth-order valence-electron chi connectivity index (χ4n) is 4.55. The first kappa shape index (κ1) is 31.0. The number of allylic oxidation sites excluding steroid dienone is 1. The van der Waals surface area contributed by atoms with Gasteiger partial charge in [0, 0.05) is 15.1 Å². The molecule has 12 heteroatoms. The van der Waals surface area contributed by atoms with Crippen molar-refractivity contribution in [2.24, 2.45) is 4.99 Å². The minimum atomic E-state index is -0.809. The quantitative estimate of drug-likeness (QED) is 0.180. The van der Waals surface area contributed by atoms with E-state index in [4.69, 9.17) is 44.3 Å². The van der Waals surface area contributed by atoms with E-state index in [0.29, 0.717) is 51.4 Å². The van der Waals surface area contributed by atoms with Gasteiger partial charge in [-0.05, 0) is 77.3 Å². The topological polar surface area (TPSA) is 69.9 Å². The van der Waals surface area contributed by atoms with Crippen LogP contribution in [0.1, 0.15) is 36.6 Å². The lowest BCUT2D eigenvalue weighted by atomic mass is 9.96. The number of esters is 1. The van der Waals surface area contributed by atoms with E-state index in [9.17, 15) is 9.59 Å². The van der Waals surface area contributed by atoms with Gasteiger partial charge in [0.15, 0.2) is 4.80 Å². The maximum Gasteiger partial charge on any atom is 0.338 e. The van der Waals surface area contributed by atoms with E-state index in [2.05, 4.69) is 36.9 Å². The molecule has 6 nitrogen and oxygen atoms in total. The van der Waals surface area contributed by atoms with Crippen LogP contribution >= 0.6 is 78.0 Å². The number of carbonyl (C=O) groups excluding carboxylic acids is 1. The smallest absolute Gasteiger partial charge is 0.338 e. The molecule has 0 amide bonds. The largest absolute Gasteiger partial charge is 0.487 e. The summed E-state index contributed by atoms with van der Waals surface area (Å²) in [5.41, 5.74) is 2.47. The number of hydrogen-bond donors (Lipinski definition) is 0. The Hall–Kier alpha value is -2.40. The van der Waals surface area contributed by atoms with Crippen LogP contribution in [0.25, 0.3) is 6.08 Å². The van der Waals surface area contributed by atoms with Crippen LogP contribution in [0.15, 0.2) is 84.6 Å². The number of halogens is 5. The summed E-state index contributed by atoms with van der Waals surface area (Å²) in [6.45, 7) is 3.85. The van der Waals surface area contributed by atoms with Crippen LogP contribution in [0.4, 0.5) is 0 Å². The first-order valence-electron chi connectivity index (χ1n) is 12.6. The van der Waals surface area contributed by atoms with Crippen molar-refractivity contribution < 1.29 is 14.3 Å². The van der Waals surface area contributed by atoms with Gasteiger partial charge in [-0.1, -0.05) is 86.3 Å². The zero-order valence-electron chi connectivity index (χ0n) is 22.1. The van der Waals surface area contributed by atoms with Crippen molar-refractivity contribution in [2.75, 3.05) is 6.61 Å². The molecule has 0 unspecified atom stereocenters. The SMILES string of the molecule is CCOC(=O)C1=C(C)N=c2s/c(=C\c3cc(Br)cc(Br)c3OCc3ccc(Cl)c(Cl)c3)c(=O)n2[C@H]1c1ccccc1Cl. The molecule has 1 aliphatic heterocycles. The number of nitrogens with zero attached hydrogens (tertiary/aromatic N) is 2. The van der Waals surface area contributed by atoms with Gasteiger partial charge in [-0.25, -0.2) is 9.79 Å². The predicted octanol–water partition coefficient (Wildman–Crippen LogP) is 7.86. The summed E-state index contributed by atoms with van der Waals surface area (Å²) in [5.74, 6) is -0.0204. The number of fused-ring (bicyclic) bond motifs is 1.